The number of hydrogen-bond acceptors (Lipinski definition) is 7. The van der Waals surface area contributed by atoms with E-state index >= 15 is 0 Å². The number of rotatable bonds is 5. The molecule has 20 heavy (non-hydrogen) atoms. The van der Waals surface area contributed by atoms with Crippen molar-refractivity contribution in [2.75, 3.05) is 12.4 Å². The first-order valence-corrected chi connectivity index (χ1v) is 5.58. The summed E-state index contributed by atoms with van der Waals surface area (Å²) < 4.78 is 0. The Morgan fingerprint density at radius 3 is 2.90 bits per heavy atom. The highest BCUT2D eigenvalue weighted by atomic mass is 16.6. The second-order valence-corrected chi connectivity index (χ2v) is 3.75. The molecule has 2 aromatic rings. The molecule has 1 aromatic heterocycles. The Hall–Kier alpha value is -3.04. The lowest BCUT2D eigenvalue weighted by Gasteiger charge is -2.08. The lowest BCUT2D eigenvalue weighted by atomic mass is 10.1. The molecule has 1 amide bonds. The van der Waals surface area contributed by atoms with Gasteiger partial charge < -0.3 is 10.6 Å². The average Bonchev–Trinajstić information content (AvgIpc) is 2.97. The zero-order valence-electron chi connectivity index (χ0n) is 10.5. The SMILES string of the molecule is CNc1ccc([N+](=O)[O-])cc1C(=O)NCc1nn[nH]n1. The molecule has 0 aliphatic carbocycles. The van der Waals surface area contributed by atoms with Crippen LogP contribution in [0.5, 0.6) is 0 Å². The van der Waals surface area contributed by atoms with Gasteiger partial charge in [-0.2, -0.15) is 5.21 Å². The molecule has 0 bridgehead atoms. The van der Waals surface area contributed by atoms with Crippen molar-refractivity contribution in [2.45, 2.75) is 6.54 Å². The van der Waals surface area contributed by atoms with Gasteiger partial charge in [-0.05, 0) is 6.07 Å². The molecule has 0 spiro atoms. The second kappa shape index (κ2) is 5.73. The summed E-state index contributed by atoms with van der Waals surface area (Å²) in [5.41, 5.74) is 0.500. The van der Waals surface area contributed by atoms with Crippen LogP contribution in [0.3, 0.4) is 0 Å². The van der Waals surface area contributed by atoms with Crippen LogP contribution in [0.2, 0.25) is 0 Å². The lowest BCUT2D eigenvalue weighted by Crippen LogP contribution is -2.24. The molecule has 3 N–H and O–H groups in total. The summed E-state index contributed by atoms with van der Waals surface area (Å²) in [5, 5.41) is 29.1. The number of tetrazole rings is 1. The van der Waals surface area contributed by atoms with Crippen LogP contribution in [0.25, 0.3) is 0 Å². The van der Waals surface area contributed by atoms with Gasteiger partial charge >= 0.3 is 0 Å². The number of nitro groups is 1. The number of nitrogens with zero attached hydrogens (tertiary/aromatic N) is 4. The third-order valence-electron chi connectivity index (χ3n) is 2.52. The van der Waals surface area contributed by atoms with E-state index in [1.165, 1.54) is 18.2 Å². The summed E-state index contributed by atoms with van der Waals surface area (Å²) in [6.07, 6.45) is 0. The van der Waals surface area contributed by atoms with Crippen molar-refractivity contribution in [3.05, 3.63) is 39.7 Å². The minimum atomic E-state index is -0.560. The molecule has 0 fully saturated rings. The molecule has 0 aliphatic heterocycles. The molecule has 0 unspecified atom stereocenters. The van der Waals surface area contributed by atoms with E-state index in [-0.39, 0.29) is 17.8 Å². The monoisotopic (exact) mass is 277 g/mol. The van der Waals surface area contributed by atoms with Crippen molar-refractivity contribution in [1.82, 2.24) is 25.9 Å². The van der Waals surface area contributed by atoms with Crippen LogP contribution in [0.4, 0.5) is 11.4 Å². The molecule has 10 heteroatoms. The molecular weight excluding hydrogens is 266 g/mol. The third kappa shape index (κ3) is 2.85. The molecule has 0 saturated heterocycles. The molecule has 104 valence electrons. The van der Waals surface area contributed by atoms with Crippen LogP contribution in [0.15, 0.2) is 18.2 Å². The number of amides is 1. The van der Waals surface area contributed by atoms with Gasteiger partial charge in [-0.3, -0.25) is 14.9 Å². The van der Waals surface area contributed by atoms with Crippen molar-refractivity contribution in [3.63, 3.8) is 0 Å². The molecule has 1 aromatic carbocycles. The number of carbonyl (C=O) groups is 1. The van der Waals surface area contributed by atoms with Gasteiger partial charge in [-0.15, -0.1) is 10.2 Å². The van der Waals surface area contributed by atoms with Crippen molar-refractivity contribution in [1.29, 1.82) is 0 Å². The number of nitrogens with one attached hydrogen (secondary N) is 3. The van der Waals surface area contributed by atoms with Gasteiger partial charge in [0.05, 0.1) is 17.0 Å². The number of H-pyrrole nitrogens is 1. The summed E-state index contributed by atoms with van der Waals surface area (Å²) in [5.74, 6) is -0.155. The number of aromatic amines is 1. The number of non-ortho nitro benzene ring substituents is 1. The van der Waals surface area contributed by atoms with Gasteiger partial charge in [0, 0.05) is 24.9 Å². The first-order chi connectivity index (χ1) is 9.61. The van der Waals surface area contributed by atoms with Gasteiger partial charge in [0.2, 0.25) is 0 Å². The van der Waals surface area contributed by atoms with Crippen molar-refractivity contribution < 1.29 is 9.72 Å². The number of anilines is 1. The number of aromatic nitrogens is 4. The fourth-order valence-corrected chi connectivity index (χ4v) is 1.56. The standard InChI is InChI=1S/C10H11N7O3/c1-11-8-3-2-6(17(19)20)4-7(8)10(18)12-5-9-13-15-16-14-9/h2-4,11H,5H2,1H3,(H,12,18)(H,13,14,15,16). The Labute approximate surface area is 112 Å². The van der Waals surface area contributed by atoms with E-state index in [0.29, 0.717) is 11.5 Å². The van der Waals surface area contributed by atoms with Crippen LogP contribution in [-0.2, 0) is 6.54 Å². The molecule has 0 saturated carbocycles. The molecule has 10 nitrogen and oxygen atoms in total. The van der Waals surface area contributed by atoms with E-state index in [2.05, 4.69) is 31.3 Å². The van der Waals surface area contributed by atoms with Gasteiger partial charge in [0.25, 0.3) is 11.6 Å². The smallest absolute Gasteiger partial charge is 0.270 e. The van der Waals surface area contributed by atoms with Crippen molar-refractivity contribution in [2.24, 2.45) is 0 Å². The Morgan fingerprint density at radius 2 is 2.30 bits per heavy atom. The van der Waals surface area contributed by atoms with Crippen LogP contribution in [-0.4, -0.2) is 38.5 Å². The fourth-order valence-electron chi connectivity index (χ4n) is 1.56. The van der Waals surface area contributed by atoms with E-state index in [0.717, 1.165) is 0 Å². The molecule has 0 atom stereocenters. The van der Waals surface area contributed by atoms with Crippen molar-refractivity contribution in [3.8, 4) is 0 Å². The maximum Gasteiger partial charge on any atom is 0.270 e. The number of hydrogen-bond donors (Lipinski definition) is 3. The first kappa shape index (κ1) is 13.4. The molecule has 0 radical (unpaired) electrons. The molecule has 2 rings (SSSR count). The minimum absolute atomic E-state index is 0.0706. The number of nitro benzene ring substituents is 1. The summed E-state index contributed by atoms with van der Waals surface area (Å²) in [6.45, 7) is 0.0706. The largest absolute Gasteiger partial charge is 0.387 e. The van der Waals surface area contributed by atoms with Gasteiger partial charge in [0.1, 0.15) is 0 Å². The normalized spacial score (nSPS) is 10.1. The highest BCUT2D eigenvalue weighted by molar-refractivity contribution is 6.00. The number of benzene rings is 1. The summed E-state index contributed by atoms with van der Waals surface area (Å²) >= 11 is 0. The average molecular weight is 277 g/mol. The fraction of sp³-hybridized carbons (Fsp3) is 0.200. The summed E-state index contributed by atoms with van der Waals surface area (Å²) in [7, 11) is 1.62. The predicted molar refractivity (Wildman–Crippen MR) is 68.0 cm³/mol. The van der Waals surface area contributed by atoms with Gasteiger partial charge in [0.15, 0.2) is 5.82 Å². The van der Waals surface area contributed by atoms with E-state index < -0.39 is 10.8 Å². The highest BCUT2D eigenvalue weighted by Crippen LogP contribution is 2.21. The van der Waals surface area contributed by atoms with Gasteiger partial charge in [-0.1, -0.05) is 5.21 Å². The molecule has 0 aliphatic rings. The van der Waals surface area contributed by atoms with E-state index in [1.807, 2.05) is 0 Å². The van der Waals surface area contributed by atoms with Crippen LogP contribution in [0.1, 0.15) is 16.2 Å². The zero-order valence-corrected chi connectivity index (χ0v) is 10.5. The molecule has 1 heterocycles. The Balaban J connectivity index is 2.18. The Kier molecular flexibility index (Phi) is 3.84. The second-order valence-electron chi connectivity index (χ2n) is 3.75. The van der Waals surface area contributed by atoms with Gasteiger partial charge in [-0.25, -0.2) is 0 Å². The van der Waals surface area contributed by atoms with Crippen LogP contribution >= 0.6 is 0 Å². The first-order valence-electron chi connectivity index (χ1n) is 5.58. The van der Waals surface area contributed by atoms with E-state index in [4.69, 9.17) is 0 Å². The van der Waals surface area contributed by atoms with Crippen molar-refractivity contribution >= 4 is 17.3 Å². The Bertz CT molecular complexity index is 626. The summed E-state index contributed by atoms with van der Waals surface area (Å²) in [6, 6.07) is 4.00. The maximum atomic E-state index is 12.0. The maximum absolute atomic E-state index is 12.0. The predicted octanol–water partition coefficient (Wildman–Crippen LogP) is 0.0796. The zero-order chi connectivity index (χ0) is 14.5. The van der Waals surface area contributed by atoms with Crippen LogP contribution in [0, 0.1) is 10.1 Å². The minimum Gasteiger partial charge on any atom is -0.387 e. The lowest BCUT2D eigenvalue weighted by molar-refractivity contribution is -0.384. The van der Waals surface area contributed by atoms with E-state index in [9.17, 15) is 14.9 Å². The summed E-state index contributed by atoms with van der Waals surface area (Å²) in [4.78, 5) is 22.2. The number of carbonyl (C=O) groups excluding carboxylic acids is 1. The topological polar surface area (TPSA) is 139 Å². The van der Waals surface area contributed by atoms with E-state index in [1.54, 1.807) is 7.05 Å². The quantitative estimate of drug-likeness (QED) is 0.519. The molecular formula is C10H11N7O3. The third-order valence-corrected chi connectivity index (χ3v) is 2.52. The van der Waals surface area contributed by atoms with Crippen LogP contribution < -0.4 is 10.6 Å². The Morgan fingerprint density at radius 1 is 1.50 bits per heavy atom. The highest BCUT2D eigenvalue weighted by Gasteiger charge is 2.16.